The molecule has 1 aliphatic rings. The molecule has 0 aliphatic carbocycles. The van der Waals surface area contributed by atoms with Crippen LogP contribution in [0.25, 0.3) is 10.9 Å². The molecule has 0 fully saturated rings. The van der Waals surface area contributed by atoms with E-state index in [2.05, 4.69) is 10.3 Å². The van der Waals surface area contributed by atoms with Crippen LogP contribution in [-0.2, 0) is 4.79 Å². The Hall–Kier alpha value is -3.41. The number of aromatic amines is 1. The van der Waals surface area contributed by atoms with Gasteiger partial charge in [-0.05, 0) is 30.3 Å². The van der Waals surface area contributed by atoms with Crippen LogP contribution < -0.4 is 5.32 Å². The molecule has 0 atom stereocenters. The van der Waals surface area contributed by atoms with Gasteiger partial charge in [-0.1, -0.05) is 18.2 Å². The molecule has 0 spiro atoms. The van der Waals surface area contributed by atoms with E-state index in [-0.39, 0.29) is 6.54 Å². The van der Waals surface area contributed by atoms with Gasteiger partial charge in [0.05, 0.1) is 16.8 Å². The Morgan fingerprint density at radius 2 is 1.67 bits per heavy atom. The van der Waals surface area contributed by atoms with Gasteiger partial charge in [0.25, 0.3) is 11.8 Å². The largest absolute Gasteiger partial charge is 0.361 e. The highest BCUT2D eigenvalue weighted by atomic mass is 16.2. The standard InChI is InChI=1S/C18H13N3O3/c22-16(20-15-7-3-6-14-13(15)8-9-19-14)10-21-17(23)11-4-1-2-5-12(11)18(21)24/h1-9,19H,10H2,(H,20,22). The average Bonchev–Trinajstić information content (AvgIpc) is 3.16. The van der Waals surface area contributed by atoms with Crippen molar-refractivity contribution in [3.63, 3.8) is 0 Å². The van der Waals surface area contributed by atoms with Crippen LogP contribution in [0.1, 0.15) is 20.7 Å². The van der Waals surface area contributed by atoms with Gasteiger partial charge in [-0.15, -0.1) is 0 Å². The number of benzene rings is 2. The fourth-order valence-electron chi connectivity index (χ4n) is 2.91. The van der Waals surface area contributed by atoms with Crippen molar-refractivity contribution in [3.8, 4) is 0 Å². The first-order valence-electron chi connectivity index (χ1n) is 7.46. The molecule has 3 amide bonds. The third-order valence-corrected chi connectivity index (χ3v) is 4.05. The monoisotopic (exact) mass is 319 g/mol. The van der Waals surface area contributed by atoms with Crippen molar-refractivity contribution >= 4 is 34.3 Å². The number of carbonyl (C=O) groups excluding carboxylic acids is 3. The third kappa shape index (κ3) is 2.16. The molecular formula is C18H13N3O3. The van der Waals surface area contributed by atoms with Gasteiger partial charge in [-0.2, -0.15) is 0 Å². The lowest BCUT2D eigenvalue weighted by atomic mass is 10.1. The van der Waals surface area contributed by atoms with Crippen molar-refractivity contribution in [1.29, 1.82) is 0 Å². The van der Waals surface area contributed by atoms with Gasteiger partial charge in [0.2, 0.25) is 5.91 Å². The topological polar surface area (TPSA) is 82.3 Å². The summed E-state index contributed by atoms with van der Waals surface area (Å²) in [7, 11) is 0. The highest BCUT2D eigenvalue weighted by molar-refractivity contribution is 6.22. The molecule has 2 heterocycles. The summed E-state index contributed by atoms with van der Waals surface area (Å²) in [6.07, 6.45) is 1.78. The minimum absolute atomic E-state index is 0.312. The Labute approximate surface area is 137 Å². The van der Waals surface area contributed by atoms with Crippen LogP contribution in [0.5, 0.6) is 0 Å². The predicted octanol–water partition coefficient (Wildman–Crippen LogP) is 2.40. The smallest absolute Gasteiger partial charge is 0.262 e. The van der Waals surface area contributed by atoms with E-state index in [1.165, 1.54) is 0 Å². The lowest BCUT2D eigenvalue weighted by molar-refractivity contribution is -0.116. The molecule has 2 N–H and O–H groups in total. The van der Waals surface area contributed by atoms with Crippen molar-refractivity contribution < 1.29 is 14.4 Å². The SMILES string of the molecule is O=C(CN1C(=O)c2ccccc2C1=O)Nc1cccc2[nH]ccc12. The van der Waals surface area contributed by atoms with Crippen LogP contribution in [0.2, 0.25) is 0 Å². The van der Waals surface area contributed by atoms with E-state index in [9.17, 15) is 14.4 Å². The zero-order chi connectivity index (χ0) is 16.7. The molecule has 118 valence electrons. The summed E-state index contributed by atoms with van der Waals surface area (Å²) in [5.74, 6) is -1.30. The molecular weight excluding hydrogens is 306 g/mol. The number of carbonyl (C=O) groups is 3. The quantitative estimate of drug-likeness (QED) is 0.727. The van der Waals surface area contributed by atoms with Crippen LogP contribution in [0, 0.1) is 0 Å². The first-order chi connectivity index (χ1) is 11.6. The molecule has 0 unspecified atom stereocenters. The second-order valence-corrected chi connectivity index (χ2v) is 5.53. The first-order valence-corrected chi connectivity index (χ1v) is 7.46. The van der Waals surface area contributed by atoms with Gasteiger partial charge in [0.1, 0.15) is 6.54 Å². The maximum Gasteiger partial charge on any atom is 0.262 e. The molecule has 0 saturated heterocycles. The number of rotatable bonds is 3. The van der Waals surface area contributed by atoms with Gasteiger partial charge in [0, 0.05) is 17.1 Å². The Morgan fingerprint density at radius 1 is 0.958 bits per heavy atom. The Morgan fingerprint density at radius 3 is 2.38 bits per heavy atom. The van der Waals surface area contributed by atoms with Crippen LogP contribution >= 0.6 is 0 Å². The van der Waals surface area contributed by atoms with E-state index in [1.807, 2.05) is 18.2 Å². The van der Waals surface area contributed by atoms with E-state index in [0.717, 1.165) is 15.8 Å². The fourth-order valence-corrected chi connectivity index (χ4v) is 2.91. The number of amides is 3. The number of aromatic nitrogens is 1. The summed E-state index contributed by atoms with van der Waals surface area (Å²) in [5.41, 5.74) is 2.20. The van der Waals surface area contributed by atoms with E-state index in [1.54, 1.807) is 36.5 Å². The Balaban J connectivity index is 1.54. The van der Waals surface area contributed by atoms with Crippen molar-refractivity contribution in [2.45, 2.75) is 0 Å². The van der Waals surface area contributed by atoms with E-state index in [0.29, 0.717) is 16.8 Å². The second kappa shape index (κ2) is 5.34. The average molecular weight is 319 g/mol. The van der Waals surface area contributed by atoms with Crippen LogP contribution in [-0.4, -0.2) is 34.2 Å². The van der Waals surface area contributed by atoms with Gasteiger partial charge in [0.15, 0.2) is 0 Å². The molecule has 3 aromatic rings. The minimum Gasteiger partial charge on any atom is -0.361 e. The number of anilines is 1. The number of nitrogens with one attached hydrogen (secondary N) is 2. The van der Waals surface area contributed by atoms with Gasteiger partial charge < -0.3 is 10.3 Å². The van der Waals surface area contributed by atoms with Crippen molar-refractivity contribution in [2.75, 3.05) is 11.9 Å². The van der Waals surface area contributed by atoms with Crippen molar-refractivity contribution in [2.24, 2.45) is 0 Å². The number of fused-ring (bicyclic) bond motifs is 2. The second-order valence-electron chi connectivity index (χ2n) is 5.53. The zero-order valence-electron chi connectivity index (χ0n) is 12.6. The molecule has 4 rings (SSSR count). The van der Waals surface area contributed by atoms with Crippen LogP contribution in [0.15, 0.2) is 54.7 Å². The number of imide groups is 1. The highest BCUT2D eigenvalue weighted by Crippen LogP contribution is 2.24. The lowest BCUT2D eigenvalue weighted by Crippen LogP contribution is -2.37. The third-order valence-electron chi connectivity index (χ3n) is 4.05. The van der Waals surface area contributed by atoms with Gasteiger partial charge in [-0.25, -0.2) is 0 Å². The first kappa shape index (κ1) is 14.2. The maximum atomic E-state index is 12.3. The van der Waals surface area contributed by atoms with E-state index in [4.69, 9.17) is 0 Å². The summed E-state index contributed by atoms with van der Waals surface area (Å²) >= 11 is 0. The number of hydrogen-bond donors (Lipinski definition) is 2. The minimum atomic E-state index is -0.439. The number of H-pyrrole nitrogens is 1. The zero-order valence-corrected chi connectivity index (χ0v) is 12.6. The fraction of sp³-hybridized carbons (Fsp3) is 0.0556. The maximum absolute atomic E-state index is 12.3. The Bertz CT molecular complexity index is 955. The normalized spacial score (nSPS) is 13.4. The molecule has 1 aliphatic heterocycles. The van der Waals surface area contributed by atoms with Gasteiger partial charge in [-0.3, -0.25) is 19.3 Å². The van der Waals surface area contributed by atoms with E-state index >= 15 is 0 Å². The molecule has 6 nitrogen and oxygen atoms in total. The van der Waals surface area contributed by atoms with Gasteiger partial charge >= 0.3 is 0 Å². The van der Waals surface area contributed by atoms with Crippen molar-refractivity contribution in [1.82, 2.24) is 9.88 Å². The molecule has 24 heavy (non-hydrogen) atoms. The summed E-state index contributed by atoms with van der Waals surface area (Å²) in [6, 6.07) is 13.9. The molecule has 0 saturated carbocycles. The molecule has 0 radical (unpaired) electrons. The van der Waals surface area contributed by atoms with Crippen LogP contribution in [0.3, 0.4) is 0 Å². The number of hydrogen-bond acceptors (Lipinski definition) is 3. The molecule has 2 aromatic carbocycles. The number of nitrogens with zero attached hydrogens (tertiary/aromatic N) is 1. The highest BCUT2D eigenvalue weighted by Gasteiger charge is 2.36. The Kier molecular flexibility index (Phi) is 3.16. The summed E-state index contributed by atoms with van der Waals surface area (Å²) < 4.78 is 0. The predicted molar refractivity (Wildman–Crippen MR) is 88.7 cm³/mol. The molecule has 0 bridgehead atoms. The lowest BCUT2D eigenvalue weighted by Gasteiger charge is -2.14. The summed E-state index contributed by atoms with van der Waals surface area (Å²) in [4.78, 5) is 40.9. The van der Waals surface area contributed by atoms with E-state index < -0.39 is 17.7 Å². The van der Waals surface area contributed by atoms with Crippen LogP contribution in [0.4, 0.5) is 5.69 Å². The summed E-state index contributed by atoms with van der Waals surface area (Å²) in [5, 5.41) is 3.63. The van der Waals surface area contributed by atoms with Crippen molar-refractivity contribution in [3.05, 3.63) is 65.9 Å². The summed E-state index contributed by atoms with van der Waals surface area (Å²) in [6.45, 7) is -0.312. The molecule has 1 aromatic heterocycles. The molecule has 6 heteroatoms.